The van der Waals surface area contributed by atoms with Crippen LogP contribution in [0.15, 0.2) is 59.5 Å². The molecule has 4 N–H and O–H groups in total. The maximum Gasteiger partial charge on any atom is 0.410 e. The van der Waals surface area contributed by atoms with E-state index < -0.39 is 90.2 Å². The molecule has 6 atom stereocenters. The Kier molecular flexibility index (Phi) is 12.7. The lowest BCUT2D eigenvalue weighted by molar-refractivity contribution is -0.145. The third-order valence-corrected chi connectivity index (χ3v) is 17.7. The molecule has 3 aliphatic heterocycles. The van der Waals surface area contributed by atoms with E-state index in [1.54, 1.807) is 39.0 Å². The van der Waals surface area contributed by atoms with Crippen molar-refractivity contribution in [3.05, 3.63) is 65.7 Å². The van der Waals surface area contributed by atoms with E-state index in [4.69, 9.17) is 14.2 Å². The molecule has 5 amide bonds. The zero-order valence-corrected chi connectivity index (χ0v) is 40.4. The highest BCUT2D eigenvalue weighted by Crippen LogP contribution is 2.47. The molecule has 0 unspecified atom stereocenters. The van der Waals surface area contributed by atoms with Gasteiger partial charge in [0, 0.05) is 19.5 Å². The zero-order chi connectivity index (χ0) is 48.3. The van der Waals surface area contributed by atoms with Gasteiger partial charge in [0.2, 0.25) is 44.6 Å². The molecule has 6 aliphatic rings. The number of amides is 5. The summed E-state index contributed by atoms with van der Waals surface area (Å²) in [5.74, 6) is -2.61. The Morgan fingerprint density at radius 3 is 2.15 bits per heavy atom. The highest BCUT2D eigenvalue weighted by molar-refractivity contribution is 7.91. The van der Waals surface area contributed by atoms with Crippen molar-refractivity contribution in [3.8, 4) is 11.5 Å². The quantitative estimate of drug-likeness (QED) is 0.177. The van der Waals surface area contributed by atoms with Gasteiger partial charge in [-0.1, -0.05) is 83.7 Å². The summed E-state index contributed by atoms with van der Waals surface area (Å²) in [6.07, 6.45) is 3.28. The lowest BCUT2D eigenvalue weighted by Crippen LogP contribution is -2.62. The van der Waals surface area contributed by atoms with Crippen molar-refractivity contribution < 1.29 is 55.0 Å². The second kappa shape index (κ2) is 18.1. The van der Waals surface area contributed by atoms with Gasteiger partial charge in [0.05, 0.1) is 16.7 Å². The number of carbonyl (C=O) groups excluding carboxylic acids is 5. The van der Waals surface area contributed by atoms with E-state index in [1.165, 1.54) is 15.9 Å². The van der Waals surface area contributed by atoms with Gasteiger partial charge in [-0.15, -0.1) is 0 Å². The van der Waals surface area contributed by atoms with E-state index in [0.717, 1.165) is 35.8 Å². The molecule has 0 spiro atoms. The lowest BCUT2D eigenvalue weighted by atomic mass is 9.82. The van der Waals surface area contributed by atoms with Crippen LogP contribution in [-0.4, -0.2) is 105 Å². The fourth-order valence-corrected chi connectivity index (χ4v) is 12.9. The SMILES string of the molecule is CC[C@H]1C[C@@]1(NC(=O)[C@@H]1C[C@@H](OC(=O)N2Cc3cc4c(cc3C2)OCO4)CN1C(=O)[C@@H](NC(=O)[C@@H](NS(=O)(=O)c1ccc2ccccc2c1)C1CCCCC1)C(C)(C)C)C(=O)NS(=O)(=O)C1CC1. The van der Waals surface area contributed by atoms with Crippen LogP contribution in [0.3, 0.4) is 0 Å². The zero-order valence-electron chi connectivity index (χ0n) is 38.7. The van der Waals surface area contributed by atoms with E-state index in [2.05, 4.69) is 20.1 Å². The first kappa shape index (κ1) is 47.6. The predicted octanol–water partition coefficient (Wildman–Crippen LogP) is 4.34. The van der Waals surface area contributed by atoms with Gasteiger partial charge in [-0.25, -0.2) is 21.6 Å². The van der Waals surface area contributed by atoms with Crippen LogP contribution < -0.4 is 29.6 Å². The molecule has 3 aromatic rings. The predicted molar refractivity (Wildman–Crippen MR) is 248 cm³/mol. The van der Waals surface area contributed by atoms with Crippen molar-refractivity contribution in [2.45, 2.75) is 145 Å². The average Bonchev–Trinajstić information content (AvgIpc) is 4.13. The first-order valence-corrected chi connectivity index (χ1v) is 26.7. The molecule has 0 bridgehead atoms. The topological polar surface area (TPSA) is 236 Å². The third-order valence-electron chi connectivity index (χ3n) is 14.5. The van der Waals surface area contributed by atoms with Gasteiger partial charge in [0.1, 0.15) is 29.8 Å². The van der Waals surface area contributed by atoms with E-state index in [9.17, 15) is 36.0 Å². The minimum atomic E-state index is -4.25. The molecule has 3 aliphatic carbocycles. The number of carbonyl (C=O) groups is 5. The maximum absolute atomic E-state index is 15.2. The number of nitrogens with zero attached hydrogens (tertiary/aromatic N) is 2. The number of ether oxygens (including phenoxy) is 3. The molecular formula is C48H60N6O12S2. The number of hydrogen-bond acceptors (Lipinski definition) is 12. The van der Waals surface area contributed by atoms with E-state index in [1.807, 2.05) is 37.3 Å². The van der Waals surface area contributed by atoms with Crippen LogP contribution in [0.2, 0.25) is 0 Å². The molecule has 3 aromatic carbocycles. The van der Waals surface area contributed by atoms with Gasteiger partial charge < -0.3 is 29.7 Å². The molecule has 1 saturated heterocycles. The fraction of sp³-hybridized carbons (Fsp3) is 0.562. The van der Waals surface area contributed by atoms with Crippen LogP contribution in [-0.2, 0) is 57.1 Å². The van der Waals surface area contributed by atoms with Gasteiger partial charge in [0.15, 0.2) is 11.5 Å². The van der Waals surface area contributed by atoms with Gasteiger partial charge in [-0.05, 0) is 95.5 Å². The van der Waals surface area contributed by atoms with Crippen LogP contribution in [0.4, 0.5) is 4.79 Å². The van der Waals surface area contributed by atoms with Gasteiger partial charge in [-0.3, -0.25) is 28.8 Å². The Hall–Kier alpha value is -5.47. The number of likely N-dealkylation sites (tertiary alicyclic amines) is 1. The monoisotopic (exact) mass is 976 g/mol. The van der Waals surface area contributed by atoms with Crippen molar-refractivity contribution in [1.29, 1.82) is 0 Å². The van der Waals surface area contributed by atoms with Crippen LogP contribution >= 0.6 is 0 Å². The molecule has 9 rings (SSSR count). The summed E-state index contributed by atoms with van der Waals surface area (Å²) in [6, 6.07) is 11.8. The molecule has 68 heavy (non-hydrogen) atoms. The summed E-state index contributed by atoms with van der Waals surface area (Å²) < 4.78 is 76.0. The molecule has 3 saturated carbocycles. The number of rotatable bonds is 14. The number of benzene rings is 3. The second-order valence-corrected chi connectivity index (χ2v) is 24.0. The Labute approximate surface area is 396 Å². The molecular weight excluding hydrogens is 917 g/mol. The molecule has 4 fully saturated rings. The van der Waals surface area contributed by atoms with Crippen LogP contribution in [0.1, 0.15) is 103 Å². The first-order valence-electron chi connectivity index (χ1n) is 23.6. The minimum Gasteiger partial charge on any atom is -0.454 e. The van der Waals surface area contributed by atoms with Gasteiger partial charge >= 0.3 is 6.09 Å². The summed E-state index contributed by atoms with van der Waals surface area (Å²) in [4.78, 5) is 74.8. The number of sulfonamides is 2. The van der Waals surface area contributed by atoms with E-state index in [-0.39, 0.29) is 56.0 Å². The Balaban J connectivity index is 0.974. The summed E-state index contributed by atoms with van der Waals surface area (Å²) in [7, 11) is -8.21. The largest absolute Gasteiger partial charge is 0.454 e. The van der Waals surface area contributed by atoms with Gasteiger partial charge in [0.25, 0.3) is 5.91 Å². The van der Waals surface area contributed by atoms with Crippen molar-refractivity contribution in [2.75, 3.05) is 13.3 Å². The average molecular weight is 977 g/mol. The number of hydrogen-bond donors (Lipinski definition) is 4. The molecule has 0 radical (unpaired) electrons. The normalized spacial score (nSPS) is 24.5. The van der Waals surface area contributed by atoms with E-state index in [0.29, 0.717) is 49.0 Å². The van der Waals surface area contributed by atoms with Crippen molar-refractivity contribution in [3.63, 3.8) is 0 Å². The minimum absolute atomic E-state index is 0.0122. The molecule has 3 heterocycles. The van der Waals surface area contributed by atoms with E-state index >= 15 is 4.79 Å². The summed E-state index contributed by atoms with van der Waals surface area (Å²) >= 11 is 0. The van der Waals surface area contributed by atoms with Crippen LogP contribution in [0, 0.1) is 17.3 Å². The van der Waals surface area contributed by atoms with Crippen molar-refractivity contribution in [1.82, 2.24) is 29.9 Å². The molecule has 20 heteroatoms. The lowest BCUT2D eigenvalue weighted by Gasteiger charge is -2.37. The smallest absolute Gasteiger partial charge is 0.410 e. The summed E-state index contributed by atoms with van der Waals surface area (Å²) in [5, 5.41) is 6.61. The van der Waals surface area contributed by atoms with Crippen molar-refractivity contribution >= 4 is 60.5 Å². The van der Waals surface area contributed by atoms with Crippen LogP contribution in [0.5, 0.6) is 11.5 Å². The highest BCUT2D eigenvalue weighted by Gasteiger charge is 2.62. The number of nitrogens with one attached hydrogen (secondary N) is 4. The molecule has 0 aromatic heterocycles. The standard InChI is InChI=1S/C48H60N6O12S2/c1-5-33-23-48(33,45(58)52-67(60,61)35-17-18-35)50-42(55)37-22-34(66-46(59)53-24-31-20-38-39(65-27-64-38)21-32(31)25-53)26-54(37)44(57)41(47(2,3)4)49-43(56)40(29-12-7-6-8-13-29)51-68(62,63)36-16-15-28-11-9-10-14-30(28)19-36/h9-11,14-16,19-21,29,33-35,37,40-41,51H,5-8,12-13,17-18,22-27H2,1-4H3,(H,49,56)(H,50,55)(H,52,58)/t33-,34+,37-,40-,41+,48-/m0/s1. The Morgan fingerprint density at radius 1 is 0.868 bits per heavy atom. The van der Waals surface area contributed by atoms with Crippen molar-refractivity contribution in [2.24, 2.45) is 17.3 Å². The van der Waals surface area contributed by atoms with Crippen LogP contribution in [0.25, 0.3) is 10.8 Å². The number of fused-ring (bicyclic) bond motifs is 3. The Bertz CT molecular complexity index is 2720. The maximum atomic E-state index is 15.2. The van der Waals surface area contributed by atoms with Gasteiger partial charge in [-0.2, -0.15) is 4.72 Å². The first-order chi connectivity index (χ1) is 32.3. The summed E-state index contributed by atoms with van der Waals surface area (Å²) in [5.41, 5.74) is -0.861. The fourth-order valence-electron chi connectivity index (χ4n) is 10.3. The highest BCUT2D eigenvalue weighted by atomic mass is 32.2. The summed E-state index contributed by atoms with van der Waals surface area (Å²) in [6.45, 7) is 7.32. The molecule has 366 valence electrons. The second-order valence-electron chi connectivity index (χ2n) is 20.3. The third kappa shape index (κ3) is 9.59. The Morgan fingerprint density at radius 2 is 1.53 bits per heavy atom. The molecule has 18 nitrogen and oxygen atoms in total.